The number of piperazine rings is 1. The molecule has 1 aliphatic heterocycles. The zero-order valence-electron chi connectivity index (χ0n) is 14.2. The second-order valence-corrected chi connectivity index (χ2v) is 9.45. The van der Waals surface area contributed by atoms with Crippen molar-refractivity contribution in [2.45, 2.75) is 51.2 Å². The molecule has 1 saturated heterocycles. The Bertz CT molecular complexity index is 530. The van der Waals surface area contributed by atoms with Gasteiger partial charge in [-0.3, -0.25) is 9.59 Å². The Kier molecular flexibility index (Phi) is 6.06. The fourth-order valence-corrected chi connectivity index (χ4v) is 4.07. The van der Waals surface area contributed by atoms with Crippen LogP contribution in [0.2, 0.25) is 0 Å². The van der Waals surface area contributed by atoms with Gasteiger partial charge in [-0.2, -0.15) is 0 Å². The Morgan fingerprint density at radius 2 is 1.48 bits per heavy atom. The summed E-state index contributed by atoms with van der Waals surface area (Å²) in [6, 6.07) is 0. The van der Waals surface area contributed by atoms with Crippen molar-refractivity contribution in [3.63, 3.8) is 0 Å². The Balaban J connectivity index is 1.83. The molecule has 2 amide bonds. The van der Waals surface area contributed by atoms with Gasteiger partial charge in [0.15, 0.2) is 9.84 Å². The van der Waals surface area contributed by atoms with Crippen LogP contribution in [0.1, 0.15) is 46.0 Å². The minimum Gasteiger partial charge on any atom is -0.339 e. The second-order valence-electron chi connectivity index (χ2n) is 6.90. The van der Waals surface area contributed by atoms with Crippen molar-refractivity contribution in [3.05, 3.63) is 0 Å². The van der Waals surface area contributed by atoms with Crippen LogP contribution in [0.25, 0.3) is 0 Å². The number of rotatable bonds is 4. The maximum absolute atomic E-state index is 12.5. The van der Waals surface area contributed by atoms with Crippen molar-refractivity contribution in [1.29, 1.82) is 0 Å². The van der Waals surface area contributed by atoms with Crippen LogP contribution in [-0.4, -0.2) is 67.2 Å². The SMILES string of the molecule is CC(C)S(=O)(=O)CC(=O)N1CCN(C(=O)C2CCCCC2)CC1. The van der Waals surface area contributed by atoms with Gasteiger partial charge in [0.05, 0.1) is 5.25 Å². The largest absolute Gasteiger partial charge is 0.339 e. The van der Waals surface area contributed by atoms with Crippen LogP contribution in [0.3, 0.4) is 0 Å². The van der Waals surface area contributed by atoms with Gasteiger partial charge in [-0.05, 0) is 26.7 Å². The summed E-state index contributed by atoms with van der Waals surface area (Å²) in [5.41, 5.74) is 0. The van der Waals surface area contributed by atoms with E-state index in [-0.39, 0.29) is 17.7 Å². The highest BCUT2D eigenvalue weighted by molar-refractivity contribution is 7.92. The lowest BCUT2D eigenvalue weighted by Gasteiger charge is -2.37. The number of hydrogen-bond acceptors (Lipinski definition) is 4. The molecule has 0 atom stereocenters. The van der Waals surface area contributed by atoms with E-state index in [2.05, 4.69) is 0 Å². The number of nitrogens with zero attached hydrogens (tertiary/aromatic N) is 2. The molecule has 1 heterocycles. The summed E-state index contributed by atoms with van der Waals surface area (Å²) in [7, 11) is -3.37. The van der Waals surface area contributed by atoms with Crippen LogP contribution in [0.5, 0.6) is 0 Å². The fraction of sp³-hybridized carbons (Fsp3) is 0.875. The molecule has 2 rings (SSSR count). The van der Waals surface area contributed by atoms with Crippen LogP contribution < -0.4 is 0 Å². The van der Waals surface area contributed by atoms with Gasteiger partial charge in [-0.25, -0.2) is 8.42 Å². The van der Waals surface area contributed by atoms with Gasteiger partial charge >= 0.3 is 0 Å². The topological polar surface area (TPSA) is 74.8 Å². The zero-order valence-corrected chi connectivity index (χ0v) is 15.0. The Hall–Kier alpha value is -1.11. The summed E-state index contributed by atoms with van der Waals surface area (Å²) in [6.45, 7) is 5.08. The first kappa shape index (κ1) is 18.2. The van der Waals surface area contributed by atoms with E-state index in [9.17, 15) is 18.0 Å². The molecule has 2 fully saturated rings. The van der Waals surface area contributed by atoms with Crippen LogP contribution in [0, 0.1) is 5.92 Å². The lowest BCUT2D eigenvalue weighted by Crippen LogP contribution is -2.53. The second kappa shape index (κ2) is 7.64. The van der Waals surface area contributed by atoms with E-state index in [1.54, 1.807) is 18.7 Å². The lowest BCUT2D eigenvalue weighted by molar-refractivity contribution is -0.142. The Morgan fingerprint density at radius 3 is 2.00 bits per heavy atom. The molecule has 0 radical (unpaired) electrons. The average Bonchev–Trinajstić information content (AvgIpc) is 2.54. The summed E-state index contributed by atoms with van der Waals surface area (Å²) in [6.07, 6.45) is 5.43. The minimum absolute atomic E-state index is 0.146. The van der Waals surface area contributed by atoms with Crippen LogP contribution in [0.4, 0.5) is 0 Å². The molecule has 23 heavy (non-hydrogen) atoms. The number of amides is 2. The predicted octanol–water partition coefficient (Wildman–Crippen LogP) is 1.06. The van der Waals surface area contributed by atoms with Gasteiger partial charge in [-0.15, -0.1) is 0 Å². The van der Waals surface area contributed by atoms with Crippen molar-refractivity contribution in [3.8, 4) is 0 Å². The van der Waals surface area contributed by atoms with Gasteiger partial charge in [0.1, 0.15) is 5.75 Å². The predicted molar refractivity (Wildman–Crippen MR) is 88.7 cm³/mol. The molecule has 2 aliphatic rings. The number of carbonyl (C=O) groups excluding carboxylic acids is 2. The van der Waals surface area contributed by atoms with Crippen LogP contribution in [-0.2, 0) is 19.4 Å². The van der Waals surface area contributed by atoms with Gasteiger partial charge < -0.3 is 9.80 Å². The fourth-order valence-electron chi connectivity index (χ4n) is 3.21. The quantitative estimate of drug-likeness (QED) is 0.764. The summed E-state index contributed by atoms with van der Waals surface area (Å²) in [4.78, 5) is 28.0. The molecular weight excluding hydrogens is 316 g/mol. The molecule has 0 N–H and O–H groups in total. The molecular formula is C16H28N2O4S. The first-order valence-corrected chi connectivity index (χ1v) is 10.3. The molecule has 132 valence electrons. The molecule has 0 aromatic rings. The number of sulfone groups is 1. The van der Waals surface area contributed by atoms with Crippen molar-refractivity contribution >= 4 is 21.7 Å². The van der Waals surface area contributed by atoms with Crippen LogP contribution >= 0.6 is 0 Å². The first-order chi connectivity index (χ1) is 10.8. The molecule has 0 aromatic heterocycles. The van der Waals surface area contributed by atoms with Gasteiger partial charge in [-0.1, -0.05) is 19.3 Å². The van der Waals surface area contributed by atoms with E-state index in [0.717, 1.165) is 25.7 Å². The van der Waals surface area contributed by atoms with Gasteiger partial charge in [0.2, 0.25) is 11.8 Å². The van der Waals surface area contributed by atoms with Crippen molar-refractivity contribution < 1.29 is 18.0 Å². The van der Waals surface area contributed by atoms with E-state index < -0.39 is 20.8 Å². The highest BCUT2D eigenvalue weighted by Gasteiger charge is 2.31. The molecule has 7 heteroatoms. The third-order valence-corrected chi connectivity index (χ3v) is 7.03. The maximum Gasteiger partial charge on any atom is 0.237 e. The van der Waals surface area contributed by atoms with Crippen molar-refractivity contribution in [1.82, 2.24) is 9.80 Å². The monoisotopic (exact) mass is 344 g/mol. The normalized spacial score (nSPS) is 20.8. The molecule has 0 unspecified atom stereocenters. The molecule has 1 aliphatic carbocycles. The Labute approximate surface area is 139 Å². The molecule has 0 aromatic carbocycles. The standard InChI is InChI=1S/C16H28N2O4S/c1-13(2)23(21,22)12-15(19)17-8-10-18(11-9-17)16(20)14-6-4-3-5-7-14/h13-14H,3-12H2,1-2H3. The van der Waals surface area contributed by atoms with E-state index in [1.807, 2.05) is 4.90 Å². The number of carbonyl (C=O) groups is 2. The van der Waals surface area contributed by atoms with E-state index in [1.165, 1.54) is 6.42 Å². The highest BCUT2D eigenvalue weighted by atomic mass is 32.2. The third-order valence-electron chi connectivity index (χ3n) is 4.94. The van der Waals surface area contributed by atoms with Crippen molar-refractivity contribution in [2.75, 3.05) is 31.9 Å². The molecule has 1 saturated carbocycles. The number of hydrogen-bond donors (Lipinski definition) is 0. The summed E-state index contributed by atoms with van der Waals surface area (Å²) < 4.78 is 23.7. The first-order valence-electron chi connectivity index (χ1n) is 8.59. The smallest absolute Gasteiger partial charge is 0.237 e. The van der Waals surface area contributed by atoms with Crippen LogP contribution in [0.15, 0.2) is 0 Å². The van der Waals surface area contributed by atoms with E-state index in [4.69, 9.17) is 0 Å². The average molecular weight is 344 g/mol. The van der Waals surface area contributed by atoms with Gasteiger partial charge in [0.25, 0.3) is 0 Å². The third kappa shape index (κ3) is 4.68. The Morgan fingerprint density at radius 1 is 0.957 bits per heavy atom. The van der Waals surface area contributed by atoms with E-state index in [0.29, 0.717) is 26.2 Å². The zero-order chi connectivity index (χ0) is 17.0. The maximum atomic E-state index is 12.5. The van der Waals surface area contributed by atoms with Gasteiger partial charge in [0, 0.05) is 32.1 Å². The summed E-state index contributed by atoms with van der Waals surface area (Å²) in [5.74, 6) is -0.413. The van der Waals surface area contributed by atoms with Crippen molar-refractivity contribution in [2.24, 2.45) is 5.92 Å². The molecule has 0 spiro atoms. The minimum atomic E-state index is -3.37. The molecule has 6 nitrogen and oxygen atoms in total. The van der Waals surface area contributed by atoms with E-state index >= 15 is 0 Å². The highest BCUT2D eigenvalue weighted by Crippen LogP contribution is 2.25. The summed E-state index contributed by atoms with van der Waals surface area (Å²) in [5, 5.41) is -0.541. The lowest BCUT2D eigenvalue weighted by atomic mass is 9.88. The molecule has 0 bridgehead atoms. The summed E-state index contributed by atoms with van der Waals surface area (Å²) >= 11 is 0.